The van der Waals surface area contributed by atoms with Gasteiger partial charge in [0.15, 0.2) is 0 Å². The van der Waals surface area contributed by atoms with Gasteiger partial charge in [0, 0.05) is 37.8 Å². The van der Waals surface area contributed by atoms with Gasteiger partial charge in [0.2, 0.25) is 0 Å². The van der Waals surface area contributed by atoms with Gasteiger partial charge in [0.05, 0.1) is 5.56 Å². The van der Waals surface area contributed by atoms with E-state index in [1.165, 1.54) is 52.6 Å². The Balaban J connectivity index is 0.000000166. The number of carboxylic acids is 1. The second kappa shape index (κ2) is 14.9. The molecule has 0 unspecified atom stereocenters. The molecule has 0 bridgehead atoms. The molecule has 0 atom stereocenters. The van der Waals surface area contributed by atoms with Gasteiger partial charge < -0.3 is 15.3 Å². The molecule has 1 aromatic heterocycles. The number of aliphatic carboxylic acids is 1. The number of carbonyl (C=O) groups is 2. The number of fused-ring (bicyclic) bond motifs is 2. The van der Waals surface area contributed by atoms with Crippen molar-refractivity contribution in [2.24, 2.45) is 0 Å². The van der Waals surface area contributed by atoms with Gasteiger partial charge in [0.25, 0.3) is 5.91 Å². The summed E-state index contributed by atoms with van der Waals surface area (Å²) in [7, 11) is 5.65. The molecule has 0 saturated heterocycles. The Hall–Kier alpha value is -4.10. The minimum absolute atomic E-state index is 0.125. The van der Waals surface area contributed by atoms with E-state index in [-0.39, 0.29) is 17.9 Å². The third kappa shape index (κ3) is 8.45. The molecule has 210 valence electrons. The number of pyridine rings is 1. The molecular weight excluding hydrogens is 505 g/mol. The Morgan fingerprint density at radius 2 is 1.73 bits per heavy atom. The number of amides is 1. The summed E-state index contributed by atoms with van der Waals surface area (Å²) in [5.41, 5.74) is 6.20. The maximum atomic E-state index is 13.0. The summed E-state index contributed by atoms with van der Waals surface area (Å²) in [6.45, 7) is 2.68. The topological polar surface area (TPSA) is 82.5 Å². The molecule has 40 heavy (non-hydrogen) atoms. The first-order chi connectivity index (χ1) is 19.2. The number of halogens is 1. The largest absolute Gasteiger partial charge is 0.481 e. The predicted molar refractivity (Wildman–Crippen MR) is 158 cm³/mol. The van der Waals surface area contributed by atoms with Crippen molar-refractivity contribution in [1.29, 1.82) is 0 Å². The van der Waals surface area contributed by atoms with Crippen LogP contribution in [-0.2, 0) is 30.6 Å². The van der Waals surface area contributed by atoms with Crippen LogP contribution in [0, 0.1) is 12.7 Å². The fourth-order valence-corrected chi connectivity index (χ4v) is 4.89. The molecule has 3 aromatic carbocycles. The Morgan fingerprint density at radius 3 is 2.42 bits per heavy atom. The van der Waals surface area contributed by atoms with Gasteiger partial charge in [0.1, 0.15) is 5.82 Å². The van der Waals surface area contributed by atoms with Crippen LogP contribution < -0.4 is 5.32 Å². The molecule has 0 spiro atoms. The number of hydrogen-bond acceptors (Lipinski definition) is 4. The van der Waals surface area contributed by atoms with E-state index < -0.39 is 11.8 Å². The third-order valence-corrected chi connectivity index (χ3v) is 6.78. The molecular formula is C33H38FN3O3. The van der Waals surface area contributed by atoms with Gasteiger partial charge in [-0.05, 0) is 92.0 Å². The predicted octanol–water partition coefficient (Wildman–Crippen LogP) is 5.98. The third-order valence-electron chi connectivity index (χ3n) is 6.78. The highest BCUT2D eigenvalue weighted by Gasteiger charge is 2.14. The summed E-state index contributed by atoms with van der Waals surface area (Å²) in [6, 6.07) is 19.3. The van der Waals surface area contributed by atoms with E-state index >= 15 is 0 Å². The van der Waals surface area contributed by atoms with Crippen LogP contribution in [0.3, 0.4) is 0 Å². The summed E-state index contributed by atoms with van der Waals surface area (Å²) in [6.07, 6.45) is 8.20. The fourth-order valence-electron chi connectivity index (χ4n) is 4.89. The number of rotatable bonds is 6. The second-order valence-corrected chi connectivity index (χ2v) is 10.1. The number of hydrogen-bond donors (Lipinski definition) is 2. The minimum atomic E-state index is -0.708. The molecule has 0 radical (unpaired) electrons. The molecule has 0 fully saturated rings. The quantitative estimate of drug-likeness (QED) is 0.313. The minimum Gasteiger partial charge on any atom is -0.481 e. The first-order valence-corrected chi connectivity index (χ1v) is 13.5. The van der Waals surface area contributed by atoms with Crippen molar-refractivity contribution in [3.05, 3.63) is 112 Å². The number of aromatic nitrogens is 1. The monoisotopic (exact) mass is 543 g/mol. The zero-order chi connectivity index (χ0) is 29.1. The van der Waals surface area contributed by atoms with E-state index in [0.29, 0.717) is 12.0 Å². The molecule has 5 rings (SSSR count). The number of aryl methyl sites for hydroxylation is 3. The molecule has 0 saturated carbocycles. The van der Waals surface area contributed by atoms with E-state index in [1.54, 1.807) is 19.1 Å². The molecule has 1 aliphatic rings. The van der Waals surface area contributed by atoms with Crippen molar-refractivity contribution in [3.63, 3.8) is 0 Å². The molecule has 2 N–H and O–H groups in total. The number of nitrogens with one attached hydrogen (secondary N) is 1. The molecule has 1 heterocycles. The zero-order valence-corrected chi connectivity index (χ0v) is 23.7. The number of nitrogens with zero attached hydrogens (tertiary/aromatic N) is 2. The maximum Gasteiger partial charge on any atom is 0.303 e. The normalized spacial score (nSPS) is 11.7. The van der Waals surface area contributed by atoms with Crippen LogP contribution in [-0.4, -0.2) is 48.0 Å². The maximum absolute atomic E-state index is 13.0. The standard InChI is InChI=1S/C12H14N2.C12H14O2.C9H10FNO/c1-14(2)9-11-5-3-4-10-8-13-7-6-12(10)11;13-12(14)8-7-10-4-1-3-9-5-2-6-11(9)10;1-6-4-3-5-7(10)8(6)9(12)11-2/h3-8H,9H2,1-2H3;1,3-4H,2,5-8H2,(H,13,14);3-5H,1-2H3,(H,11,12). The van der Waals surface area contributed by atoms with E-state index in [4.69, 9.17) is 5.11 Å². The van der Waals surface area contributed by atoms with Crippen molar-refractivity contribution in [2.75, 3.05) is 21.1 Å². The lowest BCUT2D eigenvalue weighted by Gasteiger charge is -2.11. The first kappa shape index (κ1) is 30.4. The van der Waals surface area contributed by atoms with Crippen LogP contribution in [0.1, 0.15) is 51.0 Å². The summed E-state index contributed by atoms with van der Waals surface area (Å²) < 4.78 is 13.0. The van der Waals surface area contributed by atoms with E-state index in [9.17, 15) is 14.0 Å². The van der Waals surface area contributed by atoms with Crippen LogP contribution >= 0.6 is 0 Å². The lowest BCUT2D eigenvalue weighted by molar-refractivity contribution is -0.136. The smallest absolute Gasteiger partial charge is 0.303 e. The van der Waals surface area contributed by atoms with Crippen molar-refractivity contribution in [2.45, 2.75) is 45.6 Å². The van der Waals surface area contributed by atoms with Gasteiger partial charge in [-0.1, -0.05) is 48.5 Å². The van der Waals surface area contributed by atoms with Crippen LogP contribution in [0.2, 0.25) is 0 Å². The van der Waals surface area contributed by atoms with E-state index in [0.717, 1.165) is 19.4 Å². The van der Waals surface area contributed by atoms with Gasteiger partial charge in [-0.3, -0.25) is 14.6 Å². The fraction of sp³-hybridized carbons (Fsp3) is 0.303. The lowest BCUT2D eigenvalue weighted by atomic mass is 10.00. The molecule has 1 amide bonds. The van der Waals surface area contributed by atoms with Crippen LogP contribution in [0.15, 0.2) is 73.1 Å². The van der Waals surface area contributed by atoms with Crippen molar-refractivity contribution < 1.29 is 19.1 Å². The van der Waals surface area contributed by atoms with Gasteiger partial charge in [-0.2, -0.15) is 0 Å². The molecule has 0 aliphatic heterocycles. The molecule has 1 aliphatic carbocycles. The Labute approximate surface area is 235 Å². The molecule has 6 nitrogen and oxygen atoms in total. The average Bonchev–Trinajstić information content (AvgIpc) is 3.42. The zero-order valence-electron chi connectivity index (χ0n) is 23.7. The summed E-state index contributed by atoms with van der Waals surface area (Å²) in [5.74, 6) is -1.57. The lowest BCUT2D eigenvalue weighted by Crippen LogP contribution is -2.20. The van der Waals surface area contributed by atoms with E-state index in [2.05, 4.69) is 65.7 Å². The Kier molecular flexibility index (Phi) is 11.3. The Bertz CT molecular complexity index is 1430. The summed E-state index contributed by atoms with van der Waals surface area (Å²) in [5, 5.41) is 13.5. The van der Waals surface area contributed by atoms with Gasteiger partial charge in [-0.25, -0.2) is 4.39 Å². The number of carbonyl (C=O) groups excluding carboxylic acids is 1. The number of carboxylic acid groups (broad SMARTS) is 1. The highest BCUT2D eigenvalue weighted by Crippen LogP contribution is 2.26. The van der Waals surface area contributed by atoms with E-state index in [1.807, 2.05) is 18.5 Å². The first-order valence-electron chi connectivity index (χ1n) is 13.5. The van der Waals surface area contributed by atoms with Crippen molar-refractivity contribution >= 4 is 22.6 Å². The highest BCUT2D eigenvalue weighted by molar-refractivity contribution is 5.95. The van der Waals surface area contributed by atoms with Gasteiger partial charge >= 0.3 is 5.97 Å². The highest BCUT2D eigenvalue weighted by atomic mass is 19.1. The average molecular weight is 544 g/mol. The SMILES string of the molecule is CN(C)Cc1cccc2cnccc12.CNC(=O)c1c(C)cccc1F.O=C(O)CCc1cccc2c1CCC2. The van der Waals surface area contributed by atoms with Crippen LogP contribution in [0.25, 0.3) is 10.8 Å². The second-order valence-electron chi connectivity index (χ2n) is 10.1. The van der Waals surface area contributed by atoms with Crippen molar-refractivity contribution in [1.82, 2.24) is 15.2 Å². The van der Waals surface area contributed by atoms with Crippen molar-refractivity contribution in [3.8, 4) is 0 Å². The molecule has 4 aromatic rings. The summed E-state index contributed by atoms with van der Waals surface area (Å²) >= 11 is 0. The van der Waals surface area contributed by atoms with Crippen LogP contribution in [0.4, 0.5) is 4.39 Å². The summed E-state index contributed by atoms with van der Waals surface area (Å²) in [4.78, 5) is 27.9. The van der Waals surface area contributed by atoms with Crippen LogP contribution in [0.5, 0.6) is 0 Å². The van der Waals surface area contributed by atoms with Gasteiger partial charge in [-0.15, -0.1) is 0 Å². The molecule has 7 heteroatoms. The number of benzene rings is 3. The Morgan fingerprint density at radius 1 is 1.00 bits per heavy atom.